The van der Waals surface area contributed by atoms with Gasteiger partial charge in [0.1, 0.15) is 5.82 Å². The van der Waals surface area contributed by atoms with E-state index in [1.165, 1.54) is 12.1 Å². The monoisotopic (exact) mass is 434 g/mol. The molecule has 0 radical (unpaired) electrons. The summed E-state index contributed by atoms with van der Waals surface area (Å²) in [6.07, 6.45) is 2.99. The molecular formula is C25H27FN4O2. The molecule has 0 spiro atoms. The second-order valence-corrected chi connectivity index (χ2v) is 8.08. The number of benzene rings is 2. The van der Waals surface area contributed by atoms with Gasteiger partial charge in [0.15, 0.2) is 0 Å². The number of carbonyl (C=O) groups is 1. The van der Waals surface area contributed by atoms with Crippen LogP contribution >= 0.6 is 0 Å². The lowest BCUT2D eigenvalue weighted by Gasteiger charge is -2.35. The van der Waals surface area contributed by atoms with Crippen molar-refractivity contribution in [2.24, 2.45) is 0 Å². The molecule has 7 heteroatoms. The van der Waals surface area contributed by atoms with Crippen LogP contribution < -0.4 is 5.32 Å². The zero-order valence-electron chi connectivity index (χ0n) is 18.6. The minimum Gasteiger partial charge on any atom is -0.334 e. The van der Waals surface area contributed by atoms with Gasteiger partial charge in [-0.15, -0.1) is 0 Å². The number of nitrogens with one attached hydrogen (secondary N) is 1. The second-order valence-electron chi connectivity index (χ2n) is 8.08. The molecule has 0 aliphatic carbocycles. The lowest BCUT2D eigenvalue weighted by Crippen LogP contribution is -2.46. The van der Waals surface area contributed by atoms with Crippen molar-refractivity contribution in [3.8, 4) is 11.4 Å². The summed E-state index contributed by atoms with van der Waals surface area (Å²) in [6, 6.07) is 13.3. The van der Waals surface area contributed by atoms with Crippen LogP contribution in [0.4, 0.5) is 9.18 Å². The van der Waals surface area contributed by atoms with E-state index < -0.39 is 6.04 Å². The molecule has 2 aromatic carbocycles. The van der Waals surface area contributed by atoms with Crippen molar-refractivity contribution >= 4 is 11.6 Å². The highest BCUT2D eigenvalue weighted by atomic mass is 19.1. The van der Waals surface area contributed by atoms with Gasteiger partial charge >= 0.3 is 6.03 Å². The molecule has 1 aliphatic rings. The van der Waals surface area contributed by atoms with Crippen molar-refractivity contribution in [3.05, 3.63) is 77.1 Å². The van der Waals surface area contributed by atoms with E-state index in [9.17, 15) is 9.18 Å². The first-order chi connectivity index (χ1) is 15.5. The van der Waals surface area contributed by atoms with Crippen LogP contribution in [0.2, 0.25) is 0 Å². The van der Waals surface area contributed by atoms with Crippen LogP contribution in [-0.2, 0) is 0 Å². The Bertz CT molecular complexity index is 1120. The van der Waals surface area contributed by atoms with Crippen LogP contribution in [0.5, 0.6) is 0 Å². The summed E-state index contributed by atoms with van der Waals surface area (Å²) in [6.45, 7) is 6.64. The van der Waals surface area contributed by atoms with E-state index in [0.717, 1.165) is 47.2 Å². The molecule has 1 aromatic heterocycles. The van der Waals surface area contributed by atoms with Gasteiger partial charge < -0.3 is 9.84 Å². The number of aromatic nitrogens is 2. The van der Waals surface area contributed by atoms with E-state index in [4.69, 9.17) is 4.52 Å². The summed E-state index contributed by atoms with van der Waals surface area (Å²) in [7, 11) is 0. The number of amides is 2. The largest absolute Gasteiger partial charge is 0.334 e. The predicted molar refractivity (Wildman–Crippen MR) is 121 cm³/mol. The van der Waals surface area contributed by atoms with Gasteiger partial charge in [0.05, 0.1) is 11.6 Å². The summed E-state index contributed by atoms with van der Waals surface area (Å²) in [5.41, 5.74) is 4.22. The van der Waals surface area contributed by atoms with Crippen molar-refractivity contribution in [2.75, 3.05) is 6.54 Å². The quantitative estimate of drug-likeness (QED) is 0.472. The molecule has 0 fully saturated rings. The number of urea groups is 1. The first-order valence-corrected chi connectivity index (χ1v) is 10.9. The van der Waals surface area contributed by atoms with Gasteiger partial charge in [0, 0.05) is 17.8 Å². The van der Waals surface area contributed by atoms with Crippen LogP contribution in [0.1, 0.15) is 56.2 Å². The number of unbranched alkanes of at least 4 members (excludes halogenated alkanes) is 2. The van der Waals surface area contributed by atoms with Crippen LogP contribution in [0.25, 0.3) is 17.0 Å². The summed E-state index contributed by atoms with van der Waals surface area (Å²) >= 11 is 0. The zero-order valence-corrected chi connectivity index (χ0v) is 18.6. The Morgan fingerprint density at radius 2 is 1.78 bits per heavy atom. The standard InChI is InChI=1S/C25H27FN4O2/c1-4-5-6-15-30-17(3)21(22(27-25(30)31)18-11-13-20(26)14-12-18)24-28-23(29-32-24)19-9-7-16(2)8-10-19/h7-14,22H,4-6,15H2,1-3H3,(H,27,31). The first kappa shape index (κ1) is 21.7. The summed E-state index contributed by atoms with van der Waals surface area (Å²) in [5, 5.41) is 7.22. The minimum absolute atomic E-state index is 0.185. The van der Waals surface area contributed by atoms with Gasteiger partial charge in [-0.05, 0) is 38.0 Å². The fourth-order valence-electron chi connectivity index (χ4n) is 3.91. The maximum absolute atomic E-state index is 13.5. The third kappa shape index (κ3) is 4.42. The molecular weight excluding hydrogens is 407 g/mol. The molecule has 1 aliphatic heterocycles. The molecule has 1 unspecified atom stereocenters. The molecule has 2 heterocycles. The molecule has 6 nitrogen and oxygen atoms in total. The van der Waals surface area contributed by atoms with E-state index >= 15 is 0 Å². The maximum Gasteiger partial charge on any atom is 0.322 e. The van der Waals surface area contributed by atoms with Crippen LogP contribution in [0.15, 0.2) is 58.8 Å². The number of hydrogen-bond acceptors (Lipinski definition) is 4. The van der Waals surface area contributed by atoms with Crippen molar-refractivity contribution in [2.45, 2.75) is 46.1 Å². The SMILES string of the molecule is CCCCCN1C(=O)NC(c2ccc(F)cc2)C(c2nc(-c3ccc(C)cc3)no2)=C1C. The molecule has 4 rings (SSSR count). The molecule has 1 N–H and O–H groups in total. The van der Waals surface area contributed by atoms with Crippen LogP contribution in [-0.4, -0.2) is 27.6 Å². The van der Waals surface area contributed by atoms with Crippen LogP contribution in [0.3, 0.4) is 0 Å². The van der Waals surface area contributed by atoms with E-state index in [2.05, 4.69) is 22.4 Å². The fraction of sp³-hybridized carbons (Fsp3) is 0.320. The van der Waals surface area contributed by atoms with Crippen LogP contribution in [0, 0.1) is 12.7 Å². The van der Waals surface area contributed by atoms with Crippen molar-refractivity contribution in [1.29, 1.82) is 0 Å². The number of aryl methyl sites for hydroxylation is 1. The Balaban J connectivity index is 1.76. The number of carbonyl (C=O) groups excluding carboxylic acids is 1. The maximum atomic E-state index is 13.5. The molecule has 0 saturated heterocycles. The van der Waals surface area contributed by atoms with Gasteiger partial charge in [0.25, 0.3) is 5.89 Å². The highest BCUT2D eigenvalue weighted by Crippen LogP contribution is 2.37. The van der Waals surface area contributed by atoms with Gasteiger partial charge in [0.2, 0.25) is 5.82 Å². The smallest absolute Gasteiger partial charge is 0.322 e. The van der Waals surface area contributed by atoms with Gasteiger partial charge in [-0.25, -0.2) is 9.18 Å². The van der Waals surface area contributed by atoms with Crippen molar-refractivity contribution in [1.82, 2.24) is 20.4 Å². The van der Waals surface area contributed by atoms with Gasteiger partial charge in [-0.2, -0.15) is 4.98 Å². The Labute approximate surface area is 187 Å². The zero-order chi connectivity index (χ0) is 22.7. The molecule has 3 aromatic rings. The third-order valence-electron chi connectivity index (χ3n) is 5.75. The fourth-order valence-corrected chi connectivity index (χ4v) is 3.91. The molecule has 2 amide bonds. The number of allylic oxidation sites excluding steroid dienone is 1. The molecule has 32 heavy (non-hydrogen) atoms. The lowest BCUT2D eigenvalue weighted by atomic mass is 9.94. The highest BCUT2D eigenvalue weighted by Gasteiger charge is 2.35. The first-order valence-electron chi connectivity index (χ1n) is 10.9. The summed E-state index contributed by atoms with van der Waals surface area (Å²) < 4.78 is 19.2. The molecule has 0 bridgehead atoms. The average molecular weight is 435 g/mol. The Morgan fingerprint density at radius 1 is 1.06 bits per heavy atom. The van der Waals surface area contributed by atoms with E-state index in [-0.39, 0.29) is 11.8 Å². The predicted octanol–water partition coefficient (Wildman–Crippen LogP) is 5.87. The average Bonchev–Trinajstić information content (AvgIpc) is 3.26. The summed E-state index contributed by atoms with van der Waals surface area (Å²) in [4.78, 5) is 19.3. The molecule has 1 atom stereocenters. The topological polar surface area (TPSA) is 71.3 Å². The molecule has 0 saturated carbocycles. The van der Waals surface area contributed by atoms with E-state index in [1.54, 1.807) is 17.0 Å². The third-order valence-corrected chi connectivity index (χ3v) is 5.75. The minimum atomic E-state index is -0.517. The number of rotatable bonds is 7. The van der Waals surface area contributed by atoms with E-state index in [1.807, 2.05) is 38.1 Å². The van der Waals surface area contributed by atoms with Crippen molar-refractivity contribution < 1.29 is 13.7 Å². The number of nitrogens with zero attached hydrogens (tertiary/aromatic N) is 3. The Kier molecular flexibility index (Phi) is 6.35. The lowest BCUT2D eigenvalue weighted by molar-refractivity contribution is 0.204. The summed E-state index contributed by atoms with van der Waals surface area (Å²) in [5.74, 6) is 0.485. The molecule has 166 valence electrons. The second kappa shape index (κ2) is 9.34. The Morgan fingerprint density at radius 3 is 2.47 bits per heavy atom. The highest BCUT2D eigenvalue weighted by molar-refractivity contribution is 5.86. The normalized spacial score (nSPS) is 16.4. The van der Waals surface area contributed by atoms with E-state index in [0.29, 0.717) is 18.3 Å². The number of halogens is 1. The van der Waals surface area contributed by atoms with Gasteiger partial charge in [-0.1, -0.05) is 66.9 Å². The van der Waals surface area contributed by atoms with Gasteiger partial charge in [-0.3, -0.25) is 4.90 Å². The number of hydrogen-bond donors (Lipinski definition) is 1. The van der Waals surface area contributed by atoms with Crippen molar-refractivity contribution in [3.63, 3.8) is 0 Å². The Hall–Kier alpha value is -3.48.